The Bertz CT molecular complexity index is 585. The fourth-order valence-corrected chi connectivity index (χ4v) is 1.81. The Morgan fingerprint density at radius 3 is 2.85 bits per heavy atom. The number of carbonyl (C=O) groups excluding carboxylic acids is 2. The van der Waals surface area contributed by atoms with Gasteiger partial charge in [-0.3, -0.25) is 14.9 Å². The highest BCUT2D eigenvalue weighted by molar-refractivity contribution is 6.16. The second kappa shape index (κ2) is 5.16. The number of amides is 2. The van der Waals surface area contributed by atoms with E-state index in [2.05, 4.69) is 0 Å². The topological polar surface area (TPSA) is 99.0 Å². The predicted octanol–water partition coefficient (Wildman–Crippen LogP) is 1.87. The summed E-state index contributed by atoms with van der Waals surface area (Å²) >= 11 is 0. The molecule has 0 radical (unpaired) electrons. The first-order chi connectivity index (χ1) is 9.45. The van der Waals surface area contributed by atoms with E-state index in [1.54, 1.807) is 6.92 Å². The Morgan fingerprint density at radius 1 is 1.55 bits per heavy atom. The molecule has 1 aliphatic heterocycles. The second-order valence-corrected chi connectivity index (χ2v) is 4.04. The van der Waals surface area contributed by atoms with Crippen molar-refractivity contribution in [1.29, 1.82) is 0 Å². The summed E-state index contributed by atoms with van der Waals surface area (Å²) in [5.74, 6) is -0.482. The molecule has 1 aromatic rings. The van der Waals surface area contributed by atoms with Gasteiger partial charge in [-0.1, -0.05) is 0 Å². The van der Waals surface area contributed by atoms with E-state index in [0.29, 0.717) is 0 Å². The molecule has 0 spiro atoms. The largest absolute Gasteiger partial charge is 0.478 e. The number of rotatable bonds is 2. The van der Waals surface area contributed by atoms with Gasteiger partial charge in [0, 0.05) is 6.07 Å². The highest BCUT2D eigenvalue weighted by Crippen LogP contribution is 2.37. The van der Waals surface area contributed by atoms with Crippen molar-refractivity contribution in [3.63, 3.8) is 0 Å². The van der Waals surface area contributed by atoms with Gasteiger partial charge in [0.25, 0.3) is 11.6 Å². The SMILES string of the molecule is CCOC(=O)N1C(=O)C(C)Oc2cc([N+](=O)[O-])ccc21. The number of fused-ring (bicyclic) bond motifs is 1. The fraction of sp³-hybridized carbons (Fsp3) is 0.333. The van der Waals surface area contributed by atoms with Gasteiger partial charge in [-0.2, -0.15) is 0 Å². The minimum Gasteiger partial charge on any atom is -0.478 e. The molecule has 8 nitrogen and oxygen atoms in total. The van der Waals surface area contributed by atoms with Gasteiger partial charge in [-0.05, 0) is 19.9 Å². The normalized spacial score (nSPS) is 17.2. The Hall–Kier alpha value is -2.64. The van der Waals surface area contributed by atoms with Gasteiger partial charge in [0.05, 0.1) is 23.3 Å². The van der Waals surface area contributed by atoms with E-state index < -0.39 is 23.0 Å². The molecule has 20 heavy (non-hydrogen) atoms. The quantitative estimate of drug-likeness (QED) is 0.605. The van der Waals surface area contributed by atoms with Gasteiger partial charge in [0.1, 0.15) is 0 Å². The van der Waals surface area contributed by atoms with E-state index in [4.69, 9.17) is 9.47 Å². The third kappa shape index (κ3) is 2.27. The monoisotopic (exact) mass is 280 g/mol. The fourth-order valence-electron chi connectivity index (χ4n) is 1.81. The van der Waals surface area contributed by atoms with Crippen molar-refractivity contribution in [1.82, 2.24) is 0 Å². The molecule has 0 N–H and O–H groups in total. The number of nitro benzene ring substituents is 1. The van der Waals surface area contributed by atoms with Gasteiger partial charge in [-0.25, -0.2) is 9.69 Å². The summed E-state index contributed by atoms with van der Waals surface area (Å²) in [5.41, 5.74) is -0.0498. The van der Waals surface area contributed by atoms with Crippen LogP contribution >= 0.6 is 0 Å². The molecule has 0 saturated heterocycles. The molecule has 1 heterocycles. The van der Waals surface area contributed by atoms with Crippen LogP contribution in [0.2, 0.25) is 0 Å². The molecule has 0 saturated carbocycles. The predicted molar refractivity (Wildman–Crippen MR) is 67.7 cm³/mol. The molecule has 0 fully saturated rings. The molecule has 0 bridgehead atoms. The third-order valence-corrected chi connectivity index (χ3v) is 2.72. The lowest BCUT2D eigenvalue weighted by atomic mass is 10.2. The number of carbonyl (C=O) groups is 2. The van der Waals surface area contributed by atoms with Crippen LogP contribution < -0.4 is 9.64 Å². The van der Waals surface area contributed by atoms with Crippen LogP contribution in [0.15, 0.2) is 18.2 Å². The van der Waals surface area contributed by atoms with Crippen molar-refractivity contribution < 1.29 is 24.0 Å². The number of imide groups is 1. The number of anilines is 1. The molecule has 1 atom stereocenters. The van der Waals surface area contributed by atoms with Crippen LogP contribution in [0.1, 0.15) is 13.8 Å². The smallest absolute Gasteiger partial charge is 0.421 e. The number of nitro groups is 1. The number of hydrogen-bond donors (Lipinski definition) is 0. The third-order valence-electron chi connectivity index (χ3n) is 2.72. The van der Waals surface area contributed by atoms with E-state index >= 15 is 0 Å². The molecule has 0 aliphatic carbocycles. The van der Waals surface area contributed by atoms with E-state index in [1.165, 1.54) is 25.1 Å². The van der Waals surface area contributed by atoms with E-state index in [0.717, 1.165) is 4.90 Å². The minimum atomic E-state index is -0.922. The summed E-state index contributed by atoms with van der Waals surface area (Å²) in [4.78, 5) is 34.8. The van der Waals surface area contributed by atoms with Gasteiger partial charge in [0.15, 0.2) is 11.9 Å². The minimum absolute atomic E-state index is 0.0966. The van der Waals surface area contributed by atoms with Crippen LogP contribution in [0.3, 0.4) is 0 Å². The molecule has 2 amide bonds. The lowest BCUT2D eigenvalue weighted by Gasteiger charge is -2.30. The first kappa shape index (κ1) is 13.8. The molecule has 8 heteroatoms. The summed E-state index contributed by atoms with van der Waals surface area (Å²) in [6.45, 7) is 3.18. The Balaban J connectivity index is 2.48. The molecule has 2 rings (SSSR count). The number of nitrogens with zero attached hydrogens (tertiary/aromatic N) is 2. The number of benzene rings is 1. The van der Waals surface area contributed by atoms with Crippen LogP contribution in [-0.2, 0) is 9.53 Å². The zero-order valence-electron chi connectivity index (χ0n) is 10.9. The first-order valence-corrected chi connectivity index (χ1v) is 5.91. The van der Waals surface area contributed by atoms with Gasteiger partial charge < -0.3 is 9.47 Å². The van der Waals surface area contributed by atoms with Crippen molar-refractivity contribution in [2.45, 2.75) is 20.0 Å². The van der Waals surface area contributed by atoms with Gasteiger partial charge in [-0.15, -0.1) is 0 Å². The first-order valence-electron chi connectivity index (χ1n) is 5.91. The maximum atomic E-state index is 12.0. The molecular weight excluding hydrogens is 268 g/mol. The van der Waals surface area contributed by atoms with Crippen molar-refractivity contribution in [2.24, 2.45) is 0 Å². The Morgan fingerprint density at radius 2 is 2.25 bits per heavy atom. The van der Waals surface area contributed by atoms with Gasteiger partial charge in [0.2, 0.25) is 0 Å². The van der Waals surface area contributed by atoms with E-state index in [9.17, 15) is 19.7 Å². The maximum Gasteiger partial charge on any atom is 0.421 e. The maximum absolute atomic E-state index is 12.0. The molecule has 1 aliphatic rings. The standard InChI is InChI=1S/C12H12N2O6/c1-3-19-12(16)13-9-5-4-8(14(17)18)6-10(9)20-7(2)11(13)15/h4-7H,3H2,1-2H3. The van der Waals surface area contributed by atoms with Crippen molar-refractivity contribution in [3.05, 3.63) is 28.3 Å². The molecule has 106 valence electrons. The summed E-state index contributed by atoms with van der Waals surface area (Å²) in [6.07, 6.45) is -1.75. The van der Waals surface area contributed by atoms with Crippen LogP contribution in [0.5, 0.6) is 5.75 Å². The zero-order valence-corrected chi connectivity index (χ0v) is 10.9. The molecular formula is C12H12N2O6. The Labute approximate surface area is 114 Å². The van der Waals surface area contributed by atoms with E-state index in [-0.39, 0.29) is 23.7 Å². The molecule has 1 aromatic carbocycles. The summed E-state index contributed by atoms with van der Waals surface area (Å²) in [6, 6.07) is 3.65. The Kier molecular flexibility index (Phi) is 3.55. The summed E-state index contributed by atoms with van der Waals surface area (Å²) in [7, 11) is 0. The lowest BCUT2D eigenvalue weighted by Crippen LogP contribution is -2.48. The zero-order chi connectivity index (χ0) is 14.9. The molecule has 0 aromatic heterocycles. The van der Waals surface area contributed by atoms with Crippen LogP contribution in [0.25, 0.3) is 0 Å². The van der Waals surface area contributed by atoms with Crippen LogP contribution in [-0.4, -0.2) is 29.6 Å². The number of non-ortho nitro benzene ring substituents is 1. The van der Waals surface area contributed by atoms with E-state index in [1.807, 2.05) is 0 Å². The van der Waals surface area contributed by atoms with Crippen molar-refractivity contribution in [3.8, 4) is 5.75 Å². The van der Waals surface area contributed by atoms with Crippen LogP contribution in [0, 0.1) is 10.1 Å². The average Bonchev–Trinajstić information content (AvgIpc) is 2.39. The highest BCUT2D eigenvalue weighted by Gasteiger charge is 2.37. The number of hydrogen-bond acceptors (Lipinski definition) is 6. The lowest BCUT2D eigenvalue weighted by molar-refractivity contribution is -0.384. The van der Waals surface area contributed by atoms with Crippen molar-refractivity contribution >= 4 is 23.4 Å². The second-order valence-electron chi connectivity index (χ2n) is 4.04. The van der Waals surface area contributed by atoms with Crippen molar-refractivity contribution in [2.75, 3.05) is 11.5 Å². The number of ether oxygens (including phenoxy) is 2. The highest BCUT2D eigenvalue weighted by atomic mass is 16.6. The average molecular weight is 280 g/mol. The van der Waals surface area contributed by atoms with Crippen LogP contribution in [0.4, 0.5) is 16.2 Å². The summed E-state index contributed by atoms with van der Waals surface area (Å²) in [5, 5.41) is 10.7. The summed E-state index contributed by atoms with van der Waals surface area (Å²) < 4.78 is 10.1. The van der Waals surface area contributed by atoms with Gasteiger partial charge >= 0.3 is 6.09 Å². The molecule has 1 unspecified atom stereocenters.